The standard InChI is InChI=1S/C24H24N2O5S/c1-16-10-12-19(13-11-16)32(28,29)26-21-7-5-6-20(17(21)2)24(27)25-14-18-15-30-22-8-3-4-9-23(22)31-18/h3-13,18,26H,14-15H2,1-2H3,(H,25,27)/t18-/m1/s1. The van der Waals surface area contributed by atoms with Crippen LogP contribution in [0.25, 0.3) is 0 Å². The molecule has 1 aliphatic heterocycles. The maximum absolute atomic E-state index is 12.8. The first kappa shape index (κ1) is 21.7. The van der Waals surface area contributed by atoms with Crippen molar-refractivity contribution in [1.29, 1.82) is 0 Å². The molecule has 1 amide bonds. The molecular formula is C24H24N2O5S. The largest absolute Gasteiger partial charge is 0.486 e. The van der Waals surface area contributed by atoms with Crippen LogP contribution in [0.15, 0.2) is 71.6 Å². The number of benzene rings is 3. The summed E-state index contributed by atoms with van der Waals surface area (Å²) >= 11 is 0. The van der Waals surface area contributed by atoms with E-state index in [1.807, 2.05) is 31.2 Å². The number of carbonyl (C=O) groups is 1. The van der Waals surface area contributed by atoms with Gasteiger partial charge < -0.3 is 14.8 Å². The molecule has 7 nitrogen and oxygen atoms in total. The van der Waals surface area contributed by atoms with Crippen molar-refractivity contribution in [3.8, 4) is 11.5 Å². The molecule has 0 aliphatic carbocycles. The van der Waals surface area contributed by atoms with Crippen LogP contribution in [-0.2, 0) is 10.0 Å². The Morgan fingerprint density at radius 1 is 0.969 bits per heavy atom. The Morgan fingerprint density at radius 3 is 2.44 bits per heavy atom. The fourth-order valence-electron chi connectivity index (χ4n) is 3.38. The van der Waals surface area contributed by atoms with Crippen LogP contribution in [0.5, 0.6) is 11.5 Å². The molecular weight excluding hydrogens is 428 g/mol. The smallest absolute Gasteiger partial charge is 0.261 e. The number of fused-ring (bicyclic) bond motifs is 1. The van der Waals surface area contributed by atoms with Gasteiger partial charge in [0, 0.05) is 5.56 Å². The summed E-state index contributed by atoms with van der Waals surface area (Å²) in [5, 5.41) is 2.85. The number of rotatable bonds is 6. The number of aryl methyl sites for hydroxylation is 1. The monoisotopic (exact) mass is 452 g/mol. The summed E-state index contributed by atoms with van der Waals surface area (Å²) in [6.07, 6.45) is -0.322. The molecule has 0 aromatic heterocycles. The SMILES string of the molecule is Cc1ccc(S(=O)(=O)Nc2cccc(C(=O)NC[C@@H]3COc4ccccc4O3)c2C)cc1. The van der Waals surface area contributed by atoms with E-state index in [2.05, 4.69) is 10.0 Å². The number of hydrogen-bond donors (Lipinski definition) is 2. The van der Waals surface area contributed by atoms with E-state index in [9.17, 15) is 13.2 Å². The second-order valence-electron chi connectivity index (χ2n) is 7.60. The second-order valence-corrected chi connectivity index (χ2v) is 9.29. The van der Waals surface area contributed by atoms with E-state index in [4.69, 9.17) is 9.47 Å². The molecule has 0 bridgehead atoms. The highest BCUT2D eigenvalue weighted by atomic mass is 32.2. The van der Waals surface area contributed by atoms with Crippen LogP contribution in [0.1, 0.15) is 21.5 Å². The molecule has 0 spiro atoms. The van der Waals surface area contributed by atoms with Crippen molar-refractivity contribution in [2.45, 2.75) is 24.8 Å². The lowest BCUT2D eigenvalue weighted by Gasteiger charge is -2.26. The number of sulfonamides is 1. The van der Waals surface area contributed by atoms with Crippen molar-refractivity contribution < 1.29 is 22.7 Å². The Balaban J connectivity index is 1.44. The highest BCUT2D eigenvalue weighted by molar-refractivity contribution is 7.92. The first-order chi connectivity index (χ1) is 15.3. The fourth-order valence-corrected chi connectivity index (χ4v) is 4.50. The van der Waals surface area contributed by atoms with Gasteiger partial charge in [-0.15, -0.1) is 0 Å². The van der Waals surface area contributed by atoms with Gasteiger partial charge in [-0.05, 0) is 55.8 Å². The van der Waals surface area contributed by atoms with Gasteiger partial charge >= 0.3 is 0 Å². The average molecular weight is 453 g/mol. The van der Waals surface area contributed by atoms with Crippen molar-refractivity contribution in [3.05, 3.63) is 83.4 Å². The molecule has 0 saturated heterocycles. The summed E-state index contributed by atoms with van der Waals surface area (Å²) in [6.45, 7) is 4.18. The molecule has 1 atom stereocenters. The van der Waals surface area contributed by atoms with Crippen molar-refractivity contribution >= 4 is 21.6 Å². The van der Waals surface area contributed by atoms with Gasteiger partial charge in [-0.2, -0.15) is 0 Å². The Morgan fingerprint density at radius 2 is 1.69 bits per heavy atom. The van der Waals surface area contributed by atoms with Crippen LogP contribution in [0.4, 0.5) is 5.69 Å². The minimum atomic E-state index is -3.77. The third kappa shape index (κ3) is 4.70. The number of amides is 1. The Labute approximate surface area is 187 Å². The minimum absolute atomic E-state index is 0.159. The minimum Gasteiger partial charge on any atom is -0.486 e. The second kappa shape index (κ2) is 8.92. The van der Waals surface area contributed by atoms with Gasteiger partial charge in [0.05, 0.1) is 17.1 Å². The van der Waals surface area contributed by atoms with E-state index in [0.717, 1.165) is 5.56 Å². The molecule has 0 fully saturated rings. The summed E-state index contributed by atoms with van der Waals surface area (Å²) in [5.41, 5.74) is 2.23. The first-order valence-electron chi connectivity index (χ1n) is 10.2. The fraction of sp³-hybridized carbons (Fsp3) is 0.208. The number of hydrogen-bond acceptors (Lipinski definition) is 5. The van der Waals surface area contributed by atoms with Crippen molar-refractivity contribution in [3.63, 3.8) is 0 Å². The zero-order valence-electron chi connectivity index (χ0n) is 17.8. The maximum atomic E-state index is 12.8. The highest BCUT2D eigenvalue weighted by Gasteiger charge is 2.22. The van der Waals surface area contributed by atoms with Crippen LogP contribution in [-0.4, -0.2) is 33.6 Å². The van der Waals surface area contributed by atoms with Crippen molar-refractivity contribution in [2.75, 3.05) is 17.9 Å². The molecule has 3 aromatic carbocycles. The van der Waals surface area contributed by atoms with Crippen LogP contribution >= 0.6 is 0 Å². The Kier molecular flexibility index (Phi) is 6.05. The molecule has 1 heterocycles. The zero-order chi connectivity index (χ0) is 22.7. The number of carbonyl (C=O) groups excluding carboxylic acids is 1. The number of para-hydroxylation sites is 2. The normalized spacial score (nSPS) is 15.1. The van der Waals surface area contributed by atoms with Crippen LogP contribution < -0.4 is 19.5 Å². The van der Waals surface area contributed by atoms with E-state index >= 15 is 0 Å². The summed E-state index contributed by atoms with van der Waals surface area (Å²) in [6, 6.07) is 18.9. The van der Waals surface area contributed by atoms with Crippen molar-refractivity contribution in [2.24, 2.45) is 0 Å². The average Bonchev–Trinajstić information content (AvgIpc) is 2.79. The highest BCUT2D eigenvalue weighted by Crippen LogP contribution is 2.30. The topological polar surface area (TPSA) is 93.7 Å². The van der Waals surface area contributed by atoms with E-state index < -0.39 is 10.0 Å². The van der Waals surface area contributed by atoms with E-state index in [1.165, 1.54) is 0 Å². The van der Waals surface area contributed by atoms with Crippen LogP contribution in [0.2, 0.25) is 0 Å². The van der Waals surface area contributed by atoms with Gasteiger partial charge in [-0.1, -0.05) is 35.9 Å². The number of anilines is 1. The number of ether oxygens (including phenoxy) is 2. The summed E-state index contributed by atoms with van der Waals surface area (Å²) in [4.78, 5) is 13.0. The van der Waals surface area contributed by atoms with E-state index in [0.29, 0.717) is 34.9 Å². The third-order valence-corrected chi connectivity index (χ3v) is 6.59. The third-order valence-electron chi connectivity index (χ3n) is 5.21. The van der Waals surface area contributed by atoms with Gasteiger partial charge in [0.15, 0.2) is 11.5 Å². The van der Waals surface area contributed by atoms with Crippen LogP contribution in [0, 0.1) is 13.8 Å². The van der Waals surface area contributed by atoms with Gasteiger partial charge in [0.1, 0.15) is 12.7 Å². The van der Waals surface area contributed by atoms with Gasteiger partial charge in [-0.3, -0.25) is 9.52 Å². The molecule has 166 valence electrons. The first-order valence-corrected chi connectivity index (χ1v) is 11.7. The molecule has 4 rings (SSSR count). The van der Waals surface area contributed by atoms with E-state index in [1.54, 1.807) is 49.4 Å². The van der Waals surface area contributed by atoms with Gasteiger partial charge in [0.25, 0.3) is 15.9 Å². The van der Waals surface area contributed by atoms with Gasteiger partial charge in [-0.25, -0.2) is 8.42 Å². The molecule has 1 aliphatic rings. The quantitative estimate of drug-likeness (QED) is 0.595. The zero-order valence-corrected chi connectivity index (χ0v) is 18.6. The predicted octanol–water partition coefficient (Wildman–Crippen LogP) is 3.67. The van der Waals surface area contributed by atoms with Gasteiger partial charge in [0.2, 0.25) is 0 Å². The lowest BCUT2D eigenvalue weighted by Crippen LogP contribution is -2.40. The van der Waals surface area contributed by atoms with Crippen molar-refractivity contribution in [1.82, 2.24) is 5.32 Å². The molecule has 8 heteroatoms. The molecule has 32 heavy (non-hydrogen) atoms. The molecule has 3 aromatic rings. The molecule has 0 unspecified atom stereocenters. The Hall–Kier alpha value is -3.52. The summed E-state index contributed by atoms with van der Waals surface area (Å²) in [5.74, 6) is 1.00. The molecule has 0 saturated carbocycles. The van der Waals surface area contributed by atoms with E-state index in [-0.39, 0.29) is 23.5 Å². The lowest BCUT2D eigenvalue weighted by molar-refractivity contribution is 0.0789. The maximum Gasteiger partial charge on any atom is 0.261 e. The predicted molar refractivity (Wildman–Crippen MR) is 122 cm³/mol. The number of nitrogens with one attached hydrogen (secondary N) is 2. The summed E-state index contributed by atoms with van der Waals surface area (Å²) in [7, 11) is -3.77. The lowest BCUT2D eigenvalue weighted by atomic mass is 10.1. The summed E-state index contributed by atoms with van der Waals surface area (Å²) < 4.78 is 39.6. The molecule has 2 N–H and O–H groups in total. The molecule has 0 radical (unpaired) electrons. The van der Waals surface area contributed by atoms with Crippen LogP contribution in [0.3, 0.4) is 0 Å². The Bertz CT molecular complexity index is 1240.